The van der Waals surface area contributed by atoms with Gasteiger partial charge >= 0.3 is 0 Å². The number of thioether (sulfide) groups is 1. The maximum Gasteiger partial charge on any atom is 0.229 e. The number of ketones is 1. The van der Waals surface area contributed by atoms with Crippen molar-refractivity contribution in [3.8, 4) is 0 Å². The van der Waals surface area contributed by atoms with Gasteiger partial charge in [0.05, 0.1) is 23.2 Å². The van der Waals surface area contributed by atoms with Gasteiger partial charge in [-0.25, -0.2) is 9.37 Å². The Hall–Kier alpha value is -3.06. The normalized spacial score (nSPS) is 17.5. The van der Waals surface area contributed by atoms with Gasteiger partial charge in [0, 0.05) is 16.7 Å². The monoisotopic (exact) mass is 463 g/mol. The molecule has 33 heavy (non-hydrogen) atoms. The molecule has 0 bridgehead atoms. The summed E-state index contributed by atoms with van der Waals surface area (Å²) in [7, 11) is 0. The number of amides is 1. The molecule has 0 fully saturated rings. The Labute approximate surface area is 197 Å². The zero-order valence-electron chi connectivity index (χ0n) is 18.9. The molecule has 1 aliphatic rings. The summed E-state index contributed by atoms with van der Waals surface area (Å²) in [6, 6.07) is 12.5. The predicted octanol–water partition coefficient (Wildman–Crippen LogP) is 5.30. The van der Waals surface area contributed by atoms with E-state index in [0.29, 0.717) is 35.5 Å². The third kappa shape index (κ3) is 4.69. The van der Waals surface area contributed by atoms with Crippen LogP contribution in [-0.2, 0) is 23.1 Å². The lowest BCUT2D eigenvalue weighted by atomic mass is 9.70. The lowest BCUT2D eigenvalue weighted by molar-refractivity contribution is -0.115. The van der Waals surface area contributed by atoms with Crippen LogP contribution < -0.4 is 5.32 Å². The van der Waals surface area contributed by atoms with Crippen LogP contribution in [0.5, 0.6) is 0 Å². The third-order valence-corrected chi connectivity index (χ3v) is 6.92. The molecule has 1 unspecified atom stereocenters. The average Bonchev–Trinajstić information content (AvgIpc) is 2.78. The molecule has 1 amide bonds. The summed E-state index contributed by atoms with van der Waals surface area (Å²) in [5.74, 6) is 0.596. The summed E-state index contributed by atoms with van der Waals surface area (Å²) >= 11 is 1.76. The van der Waals surface area contributed by atoms with E-state index in [-0.39, 0.29) is 23.8 Å². The number of nitrogens with one attached hydrogen (secondary N) is 1. The molecule has 3 aromatic rings. The number of rotatable bonds is 6. The fourth-order valence-corrected chi connectivity index (χ4v) is 4.97. The number of carbonyl (C=O) groups is 2. The number of hydrogen-bond donors (Lipinski definition) is 1. The predicted molar refractivity (Wildman–Crippen MR) is 128 cm³/mol. The fraction of sp³-hybridized carbons (Fsp3) is 0.308. The van der Waals surface area contributed by atoms with Gasteiger partial charge in [-0.3, -0.25) is 14.6 Å². The van der Waals surface area contributed by atoms with Crippen molar-refractivity contribution < 1.29 is 14.0 Å². The summed E-state index contributed by atoms with van der Waals surface area (Å²) in [6.45, 7) is 5.66. The molecule has 1 aromatic carbocycles. The van der Waals surface area contributed by atoms with Crippen molar-refractivity contribution in [1.29, 1.82) is 0 Å². The number of hydrogen-bond acceptors (Lipinski definition) is 5. The highest BCUT2D eigenvalue weighted by Crippen LogP contribution is 2.39. The molecule has 0 saturated carbocycles. The van der Waals surface area contributed by atoms with E-state index < -0.39 is 11.2 Å². The topological polar surface area (TPSA) is 72.0 Å². The van der Waals surface area contributed by atoms with Crippen molar-refractivity contribution in [1.82, 2.24) is 9.97 Å². The molecule has 1 aliphatic carbocycles. The van der Waals surface area contributed by atoms with Crippen LogP contribution in [0.25, 0.3) is 0 Å². The maximum absolute atomic E-state index is 14.4. The van der Waals surface area contributed by atoms with Gasteiger partial charge in [-0.2, -0.15) is 0 Å². The molecule has 1 N–H and O–H groups in total. The number of aryl methyl sites for hydroxylation is 2. The number of pyridine rings is 2. The number of Topliss-reactive ketones (excluding diaryl/α,β-unsaturated/α-hetero) is 1. The number of aromatic nitrogens is 2. The van der Waals surface area contributed by atoms with Crippen LogP contribution in [0.4, 0.5) is 10.2 Å². The Morgan fingerprint density at radius 2 is 2.00 bits per heavy atom. The van der Waals surface area contributed by atoms with Gasteiger partial charge in [0.2, 0.25) is 5.91 Å². The Bertz CT molecular complexity index is 1210. The van der Waals surface area contributed by atoms with E-state index in [2.05, 4.69) is 22.2 Å². The van der Waals surface area contributed by atoms with E-state index in [1.54, 1.807) is 24.8 Å². The Morgan fingerprint density at radius 1 is 1.24 bits per heavy atom. The van der Waals surface area contributed by atoms with Crippen LogP contribution in [0, 0.1) is 12.7 Å². The summed E-state index contributed by atoms with van der Waals surface area (Å²) in [5.41, 5.74) is 1.88. The molecule has 2 heterocycles. The van der Waals surface area contributed by atoms with Gasteiger partial charge in [-0.1, -0.05) is 19.1 Å². The maximum atomic E-state index is 14.4. The summed E-state index contributed by atoms with van der Waals surface area (Å²) in [4.78, 5) is 35.9. The first-order valence-electron chi connectivity index (χ1n) is 11.0. The van der Waals surface area contributed by atoms with Crippen molar-refractivity contribution in [2.45, 2.75) is 50.3 Å². The fourth-order valence-electron chi connectivity index (χ4n) is 4.31. The van der Waals surface area contributed by atoms with E-state index in [4.69, 9.17) is 0 Å². The first-order chi connectivity index (χ1) is 15.8. The second-order valence-electron chi connectivity index (χ2n) is 8.44. The zero-order chi connectivity index (χ0) is 23.6. The SMILES string of the molecule is CCSc1ccc(CC(=O)Nc2cc(C)c3c(n2)CCC(C)(c2ncccc2F)C3=O)cc1. The second kappa shape index (κ2) is 9.43. The van der Waals surface area contributed by atoms with Crippen molar-refractivity contribution in [3.05, 3.63) is 82.6 Å². The highest BCUT2D eigenvalue weighted by atomic mass is 32.2. The lowest BCUT2D eigenvalue weighted by Gasteiger charge is -2.33. The molecule has 0 aliphatic heterocycles. The van der Waals surface area contributed by atoms with Crippen molar-refractivity contribution >= 4 is 29.3 Å². The summed E-state index contributed by atoms with van der Waals surface area (Å²) < 4.78 is 14.4. The Morgan fingerprint density at radius 3 is 2.70 bits per heavy atom. The summed E-state index contributed by atoms with van der Waals surface area (Å²) in [6.07, 6.45) is 2.64. The molecule has 2 aromatic heterocycles. The molecule has 5 nitrogen and oxygen atoms in total. The third-order valence-electron chi connectivity index (χ3n) is 6.03. The number of anilines is 1. The van der Waals surface area contributed by atoms with Gasteiger partial charge in [0.15, 0.2) is 5.78 Å². The Balaban J connectivity index is 1.52. The molecular formula is C26H26FN3O2S. The first kappa shape index (κ1) is 23.1. The van der Waals surface area contributed by atoms with Crippen LogP contribution in [0.2, 0.25) is 0 Å². The second-order valence-corrected chi connectivity index (χ2v) is 9.78. The van der Waals surface area contributed by atoms with Crippen LogP contribution >= 0.6 is 11.8 Å². The van der Waals surface area contributed by atoms with Gasteiger partial charge in [0.1, 0.15) is 11.6 Å². The minimum Gasteiger partial charge on any atom is -0.310 e. The first-order valence-corrected chi connectivity index (χ1v) is 12.0. The number of carbonyl (C=O) groups excluding carboxylic acids is 2. The lowest BCUT2D eigenvalue weighted by Crippen LogP contribution is -2.40. The molecule has 0 saturated heterocycles. The molecule has 1 atom stereocenters. The minimum absolute atomic E-state index is 0.166. The van der Waals surface area contributed by atoms with E-state index in [1.807, 2.05) is 31.2 Å². The van der Waals surface area contributed by atoms with E-state index in [1.165, 1.54) is 23.2 Å². The molecule has 0 spiro atoms. The zero-order valence-corrected chi connectivity index (χ0v) is 19.8. The smallest absolute Gasteiger partial charge is 0.229 e. The molecule has 170 valence electrons. The molecule has 0 radical (unpaired) electrons. The number of halogens is 1. The van der Waals surface area contributed by atoms with Crippen molar-refractivity contribution in [2.75, 3.05) is 11.1 Å². The van der Waals surface area contributed by atoms with Gasteiger partial charge < -0.3 is 5.32 Å². The van der Waals surface area contributed by atoms with Crippen LogP contribution in [-0.4, -0.2) is 27.4 Å². The van der Waals surface area contributed by atoms with Gasteiger partial charge in [0.25, 0.3) is 0 Å². The largest absolute Gasteiger partial charge is 0.310 e. The number of benzene rings is 1. The highest BCUT2D eigenvalue weighted by Gasteiger charge is 2.44. The van der Waals surface area contributed by atoms with Crippen LogP contribution in [0.1, 0.15) is 53.1 Å². The van der Waals surface area contributed by atoms with E-state index in [0.717, 1.165) is 11.3 Å². The number of fused-ring (bicyclic) bond motifs is 1. The van der Waals surface area contributed by atoms with Crippen LogP contribution in [0.3, 0.4) is 0 Å². The van der Waals surface area contributed by atoms with Crippen molar-refractivity contribution in [3.63, 3.8) is 0 Å². The molecule has 4 rings (SSSR count). The average molecular weight is 464 g/mol. The minimum atomic E-state index is -1.04. The quantitative estimate of drug-likeness (QED) is 0.502. The van der Waals surface area contributed by atoms with Gasteiger partial charge in [-0.15, -0.1) is 11.8 Å². The standard InChI is InChI=1S/C26H26FN3O2S/c1-4-33-18-9-7-17(8-10-18)15-22(31)30-21-14-16(2)23-20(29-21)11-12-26(3,25(23)32)24-19(27)6-5-13-28-24/h5-10,13-14H,4,11-12,15H2,1-3H3,(H,29,30,31). The van der Waals surface area contributed by atoms with Crippen LogP contribution in [0.15, 0.2) is 53.6 Å². The Kier molecular flexibility index (Phi) is 6.61. The number of nitrogens with zero attached hydrogens (tertiary/aromatic N) is 2. The van der Waals surface area contributed by atoms with E-state index >= 15 is 0 Å². The highest BCUT2D eigenvalue weighted by molar-refractivity contribution is 7.99. The van der Waals surface area contributed by atoms with Gasteiger partial charge in [-0.05, 0) is 73.9 Å². The van der Waals surface area contributed by atoms with E-state index in [9.17, 15) is 14.0 Å². The molecular weight excluding hydrogens is 437 g/mol. The van der Waals surface area contributed by atoms with Crippen molar-refractivity contribution in [2.24, 2.45) is 0 Å². The summed E-state index contributed by atoms with van der Waals surface area (Å²) in [5, 5.41) is 2.86. The molecule has 7 heteroatoms.